The predicted molar refractivity (Wildman–Crippen MR) is 105 cm³/mol. The van der Waals surface area contributed by atoms with Gasteiger partial charge in [-0.3, -0.25) is 4.79 Å². The van der Waals surface area contributed by atoms with Crippen LogP contribution < -0.4 is 10.2 Å². The Hall–Kier alpha value is -2.89. The van der Waals surface area contributed by atoms with Gasteiger partial charge in [-0.25, -0.2) is 9.50 Å². The molecule has 0 atom stereocenters. The van der Waals surface area contributed by atoms with Crippen molar-refractivity contribution < 1.29 is 4.79 Å². The first-order valence-electron chi connectivity index (χ1n) is 8.90. The maximum absolute atomic E-state index is 12.7. The van der Waals surface area contributed by atoms with E-state index >= 15 is 0 Å². The molecule has 3 rings (SSSR count). The lowest BCUT2D eigenvalue weighted by atomic mass is 10.2. The van der Waals surface area contributed by atoms with Crippen molar-refractivity contribution in [3.05, 3.63) is 53.5 Å². The molecule has 2 aromatic heterocycles. The number of anilines is 2. The number of nitrogens with one attached hydrogen (secondary N) is 1. The highest BCUT2D eigenvalue weighted by Crippen LogP contribution is 2.21. The van der Waals surface area contributed by atoms with E-state index in [4.69, 9.17) is 0 Å². The van der Waals surface area contributed by atoms with E-state index in [1.54, 1.807) is 10.7 Å². The Kier molecular flexibility index (Phi) is 4.93. The number of fused-ring (bicyclic) bond motifs is 1. The minimum Gasteiger partial charge on any atom is -0.369 e. The van der Waals surface area contributed by atoms with Crippen LogP contribution in [0.25, 0.3) is 5.65 Å². The van der Waals surface area contributed by atoms with E-state index in [9.17, 15) is 4.79 Å². The largest absolute Gasteiger partial charge is 0.369 e. The predicted octanol–water partition coefficient (Wildman–Crippen LogP) is 3.83. The van der Waals surface area contributed by atoms with Crippen LogP contribution in [-0.2, 0) is 0 Å². The molecule has 0 aliphatic heterocycles. The Morgan fingerprint density at radius 3 is 2.54 bits per heavy atom. The molecule has 1 N–H and O–H groups in total. The molecule has 0 unspecified atom stereocenters. The van der Waals surface area contributed by atoms with Crippen LogP contribution in [0.2, 0.25) is 0 Å². The van der Waals surface area contributed by atoms with Crippen LogP contribution >= 0.6 is 0 Å². The van der Waals surface area contributed by atoms with Gasteiger partial charge in [0.05, 0.1) is 6.20 Å². The first-order valence-corrected chi connectivity index (χ1v) is 8.90. The zero-order valence-electron chi connectivity index (χ0n) is 15.9. The van der Waals surface area contributed by atoms with Crippen LogP contribution in [0.15, 0.2) is 36.5 Å². The minimum atomic E-state index is -0.207. The number of aryl methyl sites for hydroxylation is 2. The number of rotatable bonds is 5. The van der Waals surface area contributed by atoms with E-state index in [-0.39, 0.29) is 5.91 Å². The van der Waals surface area contributed by atoms with Gasteiger partial charge in [0.15, 0.2) is 5.65 Å². The lowest BCUT2D eigenvalue weighted by Gasteiger charge is -2.27. The van der Waals surface area contributed by atoms with E-state index < -0.39 is 0 Å². The Morgan fingerprint density at radius 2 is 1.92 bits per heavy atom. The van der Waals surface area contributed by atoms with Gasteiger partial charge in [0, 0.05) is 35.3 Å². The molecule has 26 heavy (non-hydrogen) atoms. The van der Waals surface area contributed by atoms with Crippen molar-refractivity contribution >= 4 is 22.9 Å². The van der Waals surface area contributed by atoms with Crippen LogP contribution in [0.5, 0.6) is 0 Å². The van der Waals surface area contributed by atoms with Crippen molar-refractivity contribution in [2.45, 2.75) is 40.7 Å². The zero-order valence-corrected chi connectivity index (χ0v) is 15.9. The maximum atomic E-state index is 12.7. The molecule has 0 saturated carbocycles. The Bertz CT molecular complexity index is 927. The standard InChI is InChI=1S/C20H25N5O/c1-6-24(13(2)3)17-9-7-16(8-10-17)23-20(26)18-12-21-25-15(5)11-14(4)22-19(18)25/h7-13H,6H2,1-5H3,(H,23,26). The van der Waals surface area contributed by atoms with E-state index in [0.717, 1.165) is 29.3 Å². The van der Waals surface area contributed by atoms with Gasteiger partial charge in [-0.1, -0.05) is 0 Å². The second-order valence-corrected chi connectivity index (χ2v) is 6.71. The molecule has 0 radical (unpaired) electrons. The molecule has 0 aliphatic rings. The normalized spacial score (nSPS) is 11.2. The van der Waals surface area contributed by atoms with Crippen LogP contribution in [0, 0.1) is 13.8 Å². The summed E-state index contributed by atoms with van der Waals surface area (Å²) in [6.45, 7) is 11.3. The van der Waals surface area contributed by atoms with Crippen molar-refractivity contribution in [1.29, 1.82) is 0 Å². The third-order valence-electron chi connectivity index (χ3n) is 4.44. The number of hydrogen-bond acceptors (Lipinski definition) is 4. The van der Waals surface area contributed by atoms with Gasteiger partial charge in [-0.05, 0) is 65.0 Å². The highest BCUT2D eigenvalue weighted by Gasteiger charge is 2.16. The number of benzene rings is 1. The Labute approximate surface area is 153 Å². The van der Waals surface area contributed by atoms with Gasteiger partial charge in [-0.15, -0.1) is 0 Å². The van der Waals surface area contributed by atoms with Crippen LogP contribution in [0.3, 0.4) is 0 Å². The molecule has 0 saturated heterocycles. The second kappa shape index (κ2) is 7.15. The van der Waals surface area contributed by atoms with Gasteiger partial charge in [0.1, 0.15) is 5.56 Å². The molecule has 0 aliphatic carbocycles. The minimum absolute atomic E-state index is 0.207. The average molecular weight is 351 g/mol. The lowest BCUT2D eigenvalue weighted by Crippen LogP contribution is -2.30. The SMILES string of the molecule is CCN(c1ccc(NC(=O)c2cnn3c(C)cc(C)nc23)cc1)C(C)C. The topological polar surface area (TPSA) is 62.5 Å². The zero-order chi connectivity index (χ0) is 18.8. The van der Waals surface area contributed by atoms with Gasteiger partial charge < -0.3 is 10.2 Å². The monoisotopic (exact) mass is 351 g/mol. The van der Waals surface area contributed by atoms with E-state index in [1.807, 2.05) is 44.2 Å². The summed E-state index contributed by atoms with van der Waals surface area (Å²) in [6.07, 6.45) is 1.57. The van der Waals surface area contributed by atoms with Crippen LogP contribution in [-0.4, -0.2) is 33.1 Å². The molecule has 136 valence electrons. The maximum Gasteiger partial charge on any atom is 0.261 e. The van der Waals surface area contributed by atoms with Crippen LogP contribution in [0.1, 0.15) is 42.5 Å². The summed E-state index contributed by atoms with van der Waals surface area (Å²) in [6, 6.07) is 10.3. The number of aromatic nitrogens is 3. The van der Waals surface area contributed by atoms with Crippen LogP contribution in [0.4, 0.5) is 11.4 Å². The quantitative estimate of drug-likeness (QED) is 0.759. The molecule has 0 fully saturated rings. The van der Waals surface area contributed by atoms with E-state index in [1.165, 1.54) is 0 Å². The molecule has 6 nitrogen and oxygen atoms in total. The van der Waals surface area contributed by atoms with Gasteiger partial charge in [0.2, 0.25) is 0 Å². The average Bonchev–Trinajstić information content (AvgIpc) is 3.01. The molecule has 0 bridgehead atoms. The van der Waals surface area contributed by atoms with E-state index in [0.29, 0.717) is 17.3 Å². The van der Waals surface area contributed by atoms with E-state index in [2.05, 4.69) is 41.1 Å². The molecule has 2 heterocycles. The fraction of sp³-hybridized carbons (Fsp3) is 0.350. The second-order valence-electron chi connectivity index (χ2n) is 6.71. The summed E-state index contributed by atoms with van der Waals surface area (Å²) in [7, 11) is 0. The molecule has 6 heteroatoms. The summed E-state index contributed by atoms with van der Waals surface area (Å²) in [5, 5.41) is 7.21. The highest BCUT2D eigenvalue weighted by atomic mass is 16.1. The number of carbonyl (C=O) groups excluding carboxylic acids is 1. The highest BCUT2D eigenvalue weighted by molar-refractivity contribution is 6.08. The number of carbonyl (C=O) groups is 1. The number of hydrogen-bond donors (Lipinski definition) is 1. The van der Waals surface area contributed by atoms with Crippen molar-refractivity contribution in [1.82, 2.24) is 14.6 Å². The molecule has 3 aromatic rings. The number of amides is 1. The van der Waals surface area contributed by atoms with Gasteiger partial charge >= 0.3 is 0 Å². The first kappa shape index (κ1) is 17.9. The fourth-order valence-corrected chi connectivity index (χ4v) is 3.21. The Balaban J connectivity index is 1.82. The van der Waals surface area contributed by atoms with Crippen molar-refractivity contribution in [3.8, 4) is 0 Å². The van der Waals surface area contributed by atoms with Crippen molar-refractivity contribution in [2.75, 3.05) is 16.8 Å². The smallest absolute Gasteiger partial charge is 0.261 e. The fourth-order valence-electron chi connectivity index (χ4n) is 3.21. The summed E-state index contributed by atoms with van der Waals surface area (Å²) in [5.74, 6) is -0.207. The van der Waals surface area contributed by atoms with Crippen molar-refractivity contribution in [3.63, 3.8) is 0 Å². The molecule has 1 aromatic carbocycles. The lowest BCUT2D eigenvalue weighted by molar-refractivity contribution is 0.102. The van der Waals surface area contributed by atoms with Gasteiger partial charge in [0.25, 0.3) is 5.91 Å². The summed E-state index contributed by atoms with van der Waals surface area (Å²) >= 11 is 0. The summed E-state index contributed by atoms with van der Waals surface area (Å²) < 4.78 is 1.69. The third-order valence-corrected chi connectivity index (χ3v) is 4.44. The van der Waals surface area contributed by atoms with Gasteiger partial charge in [-0.2, -0.15) is 5.10 Å². The Morgan fingerprint density at radius 1 is 1.23 bits per heavy atom. The summed E-state index contributed by atoms with van der Waals surface area (Å²) in [4.78, 5) is 19.4. The molecular formula is C20H25N5O. The number of nitrogens with zero attached hydrogens (tertiary/aromatic N) is 4. The summed E-state index contributed by atoms with van der Waals surface area (Å²) in [5.41, 5.74) is 4.75. The first-order chi connectivity index (χ1) is 12.4. The van der Waals surface area contributed by atoms with Crippen molar-refractivity contribution in [2.24, 2.45) is 0 Å². The molecular weight excluding hydrogens is 326 g/mol. The third kappa shape index (κ3) is 3.40. The molecule has 1 amide bonds. The molecule has 0 spiro atoms.